The standard InChI is InChI=1S/C28H40N2O5.ClH/c1-3-17-30(22-13-14-23-21(19-22)12-15-24(31)28(23)33)18-9-5-4-8-16-29-27(32)20-35-26-11-7-6-10-25(26)34-2;/h6-7,10-12,15,22,31,33H,3-5,8-9,13-14,16-20H2,1-2H3,(H,29,32);1H/t22-;/m0./s1. The molecule has 2 aromatic rings. The summed E-state index contributed by atoms with van der Waals surface area (Å²) in [6.07, 6.45) is 8.15. The molecule has 0 saturated heterocycles. The van der Waals surface area contributed by atoms with E-state index in [1.165, 1.54) is 0 Å². The first-order valence-electron chi connectivity index (χ1n) is 12.8. The van der Waals surface area contributed by atoms with E-state index in [4.69, 9.17) is 9.47 Å². The normalized spacial score (nSPS) is 14.6. The number of nitrogens with zero attached hydrogens (tertiary/aromatic N) is 1. The third-order valence-corrected chi connectivity index (χ3v) is 6.69. The van der Waals surface area contributed by atoms with Crippen molar-refractivity contribution in [2.75, 3.05) is 33.4 Å². The van der Waals surface area contributed by atoms with Crippen LogP contribution in [0.3, 0.4) is 0 Å². The number of aromatic hydroxyl groups is 2. The van der Waals surface area contributed by atoms with Crippen LogP contribution >= 0.6 is 12.4 Å². The largest absolute Gasteiger partial charge is 0.504 e. The molecule has 0 unspecified atom stereocenters. The minimum absolute atomic E-state index is 0. The Labute approximate surface area is 221 Å². The average molecular weight is 521 g/mol. The molecule has 0 heterocycles. The number of unbranched alkanes of at least 4 members (excludes halogenated alkanes) is 3. The quantitative estimate of drug-likeness (QED) is 0.243. The maximum atomic E-state index is 12.1. The summed E-state index contributed by atoms with van der Waals surface area (Å²) < 4.78 is 10.8. The van der Waals surface area contributed by atoms with Crippen LogP contribution < -0.4 is 14.8 Å². The molecule has 0 bridgehead atoms. The third kappa shape index (κ3) is 8.49. The Hall–Kier alpha value is -2.64. The van der Waals surface area contributed by atoms with Crippen molar-refractivity contribution in [1.29, 1.82) is 0 Å². The molecule has 1 atom stereocenters. The highest BCUT2D eigenvalue weighted by molar-refractivity contribution is 5.85. The fourth-order valence-corrected chi connectivity index (χ4v) is 4.83. The minimum Gasteiger partial charge on any atom is -0.504 e. The lowest BCUT2D eigenvalue weighted by atomic mass is 9.86. The molecule has 0 radical (unpaired) electrons. The van der Waals surface area contributed by atoms with E-state index in [0.717, 1.165) is 75.6 Å². The number of halogens is 1. The fourth-order valence-electron chi connectivity index (χ4n) is 4.83. The molecule has 2 aromatic carbocycles. The van der Waals surface area contributed by atoms with Crippen LogP contribution in [-0.4, -0.2) is 60.4 Å². The maximum Gasteiger partial charge on any atom is 0.257 e. The van der Waals surface area contributed by atoms with Crippen LogP contribution in [0.25, 0.3) is 0 Å². The van der Waals surface area contributed by atoms with Crippen LogP contribution in [-0.2, 0) is 17.6 Å². The molecule has 3 rings (SSSR count). The van der Waals surface area contributed by atoms with Gasteiger partial charge in [-0.1, -0.05) is 38.0 Å². The maximum absolute atomic E-state index is 12.1. The van der Waals surface area contributed by atoms with Crippen LogP contribution in [0.1, 0.15) is 56.6 Å². The Morgan fingerprint density at radius 2 is 1.81 bits per heavy atom. The van der Waals surface area contributed by atoms with Crippen LogP contribution in [0.4, 0.5) is 0 Å². The first-order chi connectivity index (χ1) is 17.0. The van der Waals surface area contributed by atoms with E-state index in [2.05, 4.69) is 17.1 Å². The number of para-hydroxylation sites is 2. The Bertz CT molecular complexity index is 956. The van der Waals surface area contributed by atoms with Gasteiger partial charge in [0, 0.05) is 18.2 Å². The Balaban J connectivity index is 0.00000456. The second-order valence-electron chi connectivity index (χ2n) is 9.21. The molecule has 3 N–H and O–H groups in total. The number of carbonyl (C=O) groups excluding carboxylic acids is 1. The van der Waals surface area contributed by atoms with E-state index in [0.29, 0.717) is 24.1 Å². The van der Waals surface area contributed by atoms with E-state index >= 15 is 0 Å². The van der Waals surface area contributed by atoms with E-state index < -0.39 is 0 Å². The van der Waals surface area contributed by atoms with Crippen molar-refractivity contribution < 1.29 is 24.5 Å². The van der Waals surface area contributed by atoms with Gasteiger partial charge < -0.3 is 29.9 Å². The number of carbonyl (C=O) groups is 1. The summed E-state index contributed by atoms with van der Waals surface area (Å²) in [5.41, 5.74) is 2.07. The van der Waals surface area contributed by atoms with Gasteiger partial charge in [0.1, 0.15) is 0 Å². The number of amides is 1. The van der Waals surface area contributed by atoms with Gasteiger partial charge in [0.2, 0.25) is 0 Å². The van der Waals surface area contributed by atoms with E-state index in [-0.39, 0.29) is 36.4 Å². The van der Waals surface area contributed by atoms with Gasteiger partial charge in [0.25, 0.3) is 5.91 Å². The number of fused-ring (bicyclic) bond motifs is 1. The van der Waals surface area contributed by atoms with Gasteiger partial charge in [-0.25, -0.2) is 0 Å². The fraction of sp³-hybridized carbons (Fsp3) is 0.536. The highest BCUT2D eigenvalue weighted by atomic mass is 35.5. The third-order valence-electron chi connectivity index (χ3n) is 6.69. The van der Waals surface area contributed by atoms with E-state index in [9.17, 15) is 15.0 Å². The predicted octanol–water partition coefficient (Wildman–Crippen LogP) is 4.85. The number of nitrogens with one attached hydrogen (secondary N) is 1. The molecule has 0 fully saturated rings. The number of hydrogen-bond donors (Lipinski definition) is 3. The number of methoxy groups -OCH3 is 1. The molecule has 0 aromatic heterocycles. The number of hydrogen-bond acceptors (Lipinski definition) is 6. The lowest BCUT2D eigenvalue weighted by Gasteiger charge is -2.35. The molecule has 0 saturated carbocycles. The van der Waals surface area contributed by atoms with Crippen molar-refractivity contribution >= 4 is 18.3 Å². The molecule has 36 heavy (non-hydrogen) atoms. The van der Waals surface area contributed by atoms with Crippen molar-refractivity contribution in [3.63, 3.8) is 0 Å². The van der Waals surface area contributed by atoms with Gasteiger partial charge in [0.15, 0.2) is 29.6 Å². The monoisotopic (exact) mass is 520 g/mol. The van der Waals surface area contributed by atoms with E-state index in [1.807, 2.05) is 18.2 Å². The lowest BCUT2D eigenvalue weighted by molar-refractivity contribution is -0.123. The molecule has 200 valence electrons. The molecule has 7 nitrogen and oxygen atoms in total. The molecule has 8 heteroatoms. The SMILES string of the molecule is CCCN(CCCCCCNC(=O)COc1ccccc1OC)[C@H]1CCc2c(ccc(O)c2O)C1.Cl. The summed E-state index contributed by atoms with van der Waals surface area (Å²) in [7, 11) is 1.58. The predicted molar refractivity (Wildman–Crippen MR) is 145 cm³/mol. The van der Waals surface area contributed by atoms with Gasteiger partial charge in [-0.2, -0.15) is 0 Å². The van der Waals surface area contributed by atoms with Crippen LogP contribution in [0.5, 0.6) is 23.0 Å². The van der Waals surface area contributed by atoms with Crippen molar-refractivity contribution in [2.24, 2.45) is 0 Å². The lowest BCUT2D eigenvalue weighted by Crippen LogP contribution is -2.40. The van der Waals surface area contributed by atoms with Crippen molar-refractivity contribution in [1.82, 2.24) is 10.2 Å². The van der Waals surface area contributed by atoms with Gasteiger partial charge >= 0.3 is 0 Å². The highest BCUT2D eigenvalue weighted by Crippen LogP contribution is 2.36. The summed E-state index contributed by atoms with van der Waals surface area (Å²) in [6.45, 7) is 4.99. The van der Waals surface area contributed by atoms with Crippen molar-refractivity contribution in [2.45, 2.75) is 64.3 Å². The van der Waals surface area contributed by atoms with Gasteiger partial charge in [0.05, 0.1) is 7.11 Å². The Kier molecular flexibility index (Phi) is 12.7. The average Bonchev–Trinajstić information content (AvgIpc) is 2.88. The summed E-state index contributed by atoms with van der Waals surface area (Å²) in [6, 6.07) is 11.3. The second-order valence-corrected chi connectivity index (χ2v) is 9.21. The number of phenolic OH excluding ortho intramolecular Hbond substituents is 2. The highest BCUT2D eigenvalue weighted by Gasteiger charge is 2.26. The molecule has 0 aliphatic heterocycles. The second kappa shape index (κ2) is 15.5. The summed E-state index contributed by atoms with van der Waals surface area (Å²) in [5, 5.41) is 22.8. The molecular formula is C28H41ClN2O5. The zero-order valence-corrected chi connectivity index (χ0v) is 22.3. The number of ether oxygens (including phenoxy) is 2. The van der Waals surface area contributed by atoms with Gasteiger partial charge in [-0.3, -0.25) is 4.79 Å². The molecule has 1 amide bonds. The van der Waals surface area contributed by atoms with Gasteiger partial charge in [-0.15, -0.1) is 12.4 Å². The van der Waals surface area contributed by atoms with Crippen LogP contribution in [0.15, 0.2) is 36.4 Å². The Morgan fingerprint density at radius 3 is 2.56 bits per heavy atom. The molecule has 1 aliphatic carbocycles. The van der Waals surface area contributed by atoms with Gasteiger partial charge in [-0.05, 0) is 75.4 Å². The number of phenols is 2. The minimum atomic E-state index is -0.123. The first-order valence-corrected chi connectivity index (χ1v) is 12.8. The summed E-state index contributed by atoms with van der Waals surface area (Å²) >= 11 is 0. The molecule has 0 spiro atoms. The number of rotatable bonds is 14. The topological polar surface area (TPSA) is 91.3 Å². The van der Waals surface area contributed by atoms with Crippen molar-refractivity contribution in [3.8, 4) is 23.0 Å². The first kappa shape index (κ1) is 29.6. The molecular weight excluding hydrogens is 480 g/mol. The van der Waals surface area contributed by atoms with Crippen molar-refractivity contribution in [3.05, 3.63) is 47.5 Å². The Morgan fingerprint density at radius 1 is 1.06 bits per heavy atom. The summed E-state index contributed by atoms with van der Waals surface area (Å²) in [5.74, 6) is 1.10. The van der Waals surface area contributed by atoms with E-state index in [1.54, 1.807) is 25.3 Å². The molecule has 1 aliphatic rings. The smallest absolute Gasteiger partial charge is 0.257 e. The van der Waals surface area contributed by atoms with Crippen LogP contribution in [0, 0.1) is 0 Å². The summed E-state index contributed by atoms with van der Waals surface area (Å²) in [4.78, 5) is 14.6. The number of benzene rings is 2. The van der Waals surface area contributed by atoms with Crippen LogP contribution in [0.2, 0.25) is 0 Å². The zero-order chi connectivity index (χ0) is 25.0. The zero-order valence-electron chi connectivity index (χ0n) is 21.5.